The van der Waals surface area contributed by atoms with E-state index in [1.165, 1.54) is 12.1 Å². The highest BCUT2D eigenvalue weighted by molar-refractivity contribution is 5.96. The van der Waals surface area contributed by atoms with Crippen LogP contribution in [-0.2, 0) is 11.0 Å². The van der Waals surface area contributed by atoms with Crippen molar-refractivity contribution in [1.29, 1.82) is 0 Å². The Labute approximate surface area is 125 Å². The highest BCUT2D eigenvalue weighted by Gasteiger charge is 2.30. The summed E-state index contributed by atoms with van der Waals surface area (Å²) in [7, 11) is 0. The molecule has 6 heteroatoms. The molecule has 0 bridgehead atoms. The standard InChI is InChI=1S/C16H13F3N2O/c17-16(18,19)11-7-5-10(6-8-11)14-9-15(22)21-13-4-2-1-3-12(13)20-14/h1-8,14,20H,9H2,(H,21,22). The lowest BCUT2D eigenvalue weighted by Gasteiger charge is -2.18. The molecule has 0 fully saturated rings. The minimum Gasteiger partial charge on any atom is -0.376 e. The van der Waals surface area contributed by atoms with Gasteiger partial charge in [-0.3, -0.25) is 4.79 Å². The fourth-order valence-corrected chi connectivity index (χ4v) is 2.45. The van der Waals surface area contributed by atoms with Crippen LogP contribution >= 0.6 is 0 Å². The smallest absolute Gasteiger partial charge is 0.376 e. The van der Waals surface area contributed by atoms with Crippen LogP contribution in [0.1, 0.15) is 23.6 Å². The fraction of sp³-hybridized carbons (Fsp3) is 0.188. The molecule has 22 heavy (non-hydrogen) atoms. The number of fused-ring (bicyclic) bond motifs is 1. The molecule has 2 N–H and O–H groups in total. The molecule has 0 spiro atoms. The number of nitrogens with one attached hydrogen (secondary N) is 2. The maximum Gasteiger partial charge on any atom is 0.416 e. The molecule has 1 amide bonds. The average Bonchev–Trinajstić information content (AvgIpc) is 2.64. The fourth-order valence-electron chi connectivity index (χ4n) is 2.45. The summed E-state index contributed by atoms with van der Waals surface area (Å²) in [6.45, 7) is 0. The zero-order chi connectivity index (χ0) is 15.7. The van der Waals surface area contributed by atoms with Gasteiger partial charge < -0.3 is 10.6 Å². The van der Waals surface area contributed by atoms with E-state index in [9.17, 15) is 18.0 Å². The van der Waals surface area contributed by atoms with E-state index in [-0.39, 0.29) is 18.4 Å². The van der Waals surface area contributed by atoms with Gasteiger partial charge in [0.15, 0.2) is 0 Å². The van der Waals surface area contributed by atoms with Crippen molar-refractivity contribution in [1.82, 2.24) is 0 Å². The Morgan fingerprint density at radius 2 is 1.59 bits per heavy atom. The van der Waals surface area contributed by atoms with Crippen molar-refractivity contribution in [3.05, 3.63) is 59.7 Å². The first-order chi connectivity index (χ1) is 10.4. The van der Waals surface area contributed by atoms with Gasteiger partial charge in [-0.25, -0.2) is 0 Å². The van der Waals surface area contributed by atoms with Crippen LogP contribution in [0.3, 0.4) is 0 Å². The molecule has 1 atom stereocenters. The van der Waals surface area contributed by atoms with Crippen LogP contribution in [0.5, 0.6) is 0 Å². The Morgan fingerprint density at radius 1 is 0.955 bits per heavy atom. The van der Waals surface area contributed by atoms with Crippen molar-refractivity contribution in [3.8, 4) is 0 Å². The highest BCUT2D eigenvalue weighted by Crippen LogP contribution is 2.34. The molecule has 0 aliphatic carbocycles. The molecule has 3 nitrogen and oxygen atoms in total. The summed E-state index contributed by atoms with van der Waals surface area (Å²) in [5.74, 6) is -0.178. The van der Waals surface area contributed by atoms with Crippen LogP contribution in [0.4, 0.5) is 24.5 Å². The number of benzene rings is 2. The van der Waals surface area contributed by atoms with E-state index in [0.29, 0.717) is 11.3 Å². The molecule has 0 aromatic heterocycles. The van der Waals surface area contributed by atoms with Gasteiger partial charge in [0.25, 0.3) is 0 Å². The quantitative estimate of drug-likeness (QED) is 0.829. The third-order valence-corrected chi connectivity index (χ3v) is 3.56. The summed E-state index contributed by atoms with van der Waals surface area (Å²) < 4.78 is 37.8. The number of hydrogen-bond acceptors (Lipinski definition) is 2. The second kappa shape index (κ2) is 5.36. The van der Waals surface area contributed by atoms with Gasteiger partial charge >= 0.3 is 6.18 Å². The number of amides is 1. The monoisotopic (exact) mass is 306 g/mol. The molecule has 2 aromatic rings. The first kappa shape index (κ1) is 14.4. The lowest BCUT2D eigenvalue weighted by Crippen LogP contribution is -2.16. The first-order valence-corrected chi connectivity index (χ1v) is 6.76. The summed E-state index contributed by atoms with van der Waals surface area (Å²) in [5.41, 5.74) is 1.36. The molecular weight excluding hydrogens is 293 g/mol. The molecule has 1 aliphatic heterocycles. The first-order valence-electron chi connectivity index (χ1n) is 6.76. The summed E-state index contributed by atoms with van der Waals surface area (Å²) in [6.07, 6.45) is -4.21. The molecular formula is C16H13F3N2O. The minimum absolute atomic E-state index is 0.153. The summed E-state index contributed by atoms with van der Waals surface area (Å²) in [6, 6.07) is 11.7. The number of rotatable bonds is 1. The van der Waals surface area contributed by atoms with Crippen LogP contribution in [0.25, 0.3) is 0 Å². The van der Waals surface area contributed by atoms with E-state index >= 15 is 0 Å². The van der Waals surface area contributed by atoms with Gasteiger partial charge in [-0.15, -0.1) is 0 Å². The van der Waals surface area contributed by atoms with Gasteiger partial charge in [0, 0.05) is 0 Å². The van der Waals surface area contributed by atoms with Gasteiger partial charge in [-0.2, -0.15) is 13.2 Å². The van der Waals surface area contributed by atoms with Crippen molar-refractivity contribution in [3.63, 3.8) is 0 Å². The van der Waals surface area contributed by atoms with E-state index in [4.69, 9.17) is 0 Å². The normalized spacial score (nSPS) is 18.0. The van der Waals surface area contributed by atoms with Crippen molar-refractivity contribution in [2.24, 2.45) is 0 Å². The van der Waals surface area contributed by atoms with Gasteiger partial charge in [-0.05, 0) is 29.8 Å². The number of para-hydroxylation sites is 2. The third kappa shape index (κ3) is 2.90. The predicted octanol–water partition coefficient (Wildman–Crippen LogP) is 4.20. The Bertz CT molecular complexity index is 695. The molecule has 2 aromatic carbocycles. The minimum atomic E-state index is -4.36. The highest BCUT2D eigenvalue weighted by atomic mass is 19.4. The molecule has 0 radical (unpaired) electrons. The van der Waals surface area contributed by atoms with E-state index in [1.54, 1.807) is 12.1 Å². The van der Waals surface area contributed by atoms with Crippen molar-refractivity contribution in [2.45, 2.75) is 18.6 Å². The maximum atomic E-state index is 12.6. The van der Waals surface area contributed by atoms with E-state index in [1.807, 2.05) is 12.1 Å². The second-order valence-electron chi connectivity index (χ2n) is 5.11. The lowest BCUT2D eigenvalue weighted by atomic mass is 10.0. The van der Waals surface area contributed by atoms with E-state index in [0.717, 1.165) is 17.8 Å². The SMILES string of the molecule is O=C1CC(c2ccc(C(F)(F)F)cc2)Nc2ccccc2N1. The van der Waals surface area contributed by atoms with Gasteiger partial charge in [0.1, 0.15) is 0 Å². The van der Waals surface area contributed by atoms with Crippen LogP contribution < -0.4 is 10.6 Å². The van der Waals surface area contributed by atoms with Crippen molar-refractivity contribution >= 4 is 17.3 Å². The zero-order valence-electron chi connectivity index (χ0n) is 11.4. The Hall–Kier alpha value is -2.50. The largest absolute Gasteiger partial charge is 0.416 e. The molecule has 114 valence electrons. The van der Waals surface area contributed by atoms with E-state index in [2.05, 4.69) is 10.6 Å². The van der Waals surface area contributed by atoms with Gasteiger partial charge in [0.05, 0.1) is 29.4 Å². The number of carbonyl (C=O) groups excluding carboxylic acids is 1. The number of halogens is 3. The number of anilines is 2. The van der Waals surface area contributed by atoms with Gasteiger partial charge in [0.2, 0.25) is 5.91 Å². The lowest BCUT2D eigenvalue weighted by molar-refractivity contribution is -0.137. The number of carbonyl (C=O) groups is 1. The topological polar surface area (TPSA) is 41.1 Å². The Balaban J connectivity index is 1.90. The molecule has 1 unspecified atom stereocenters. The molecule has 0 saturated carbocycles. The number of hydrogen-bond donors (Lipinski definition) is 2. The van der Waals surface area contributed by atoms with Crippen molar-refractivity contribution < 1.29 is 18.0 Å². The van der Waals surface area contributed by atoms with Crippen molar-refractivity contribution in [2.75, 3.05) is 10.6 Å². The average molecular weight is 306 g/mol. The summed E-state index contributed by atoms with van der Waals surface area (Å²) in [4.78, 5) is 11.9. The Morgan fingerprint density at radius 3 is 2.23 bits per heavy atom. The van der Waals surface area contributed by atoms with Gasteiger partial charge in [-0.1, -0.05) is 24.3 Å². The van der Waals surface area contributed by atoms with Crippen LogP contribution in [0, 0.1) is 0 Å². The molecule has 1 heterocycles. The number of alkyl halides is 3. The molecule has 3 rings (SSSR count). The maximum absolute atomic E-state index is 12.6. The summed E-state index contributed by atoms with van der Waals surface area (Å²) in [5, 5.41) is 5.98. The predicted molar refractivity (Wildman–Crippen MR) is 77.5 cm³/mol. The Kier molecular flexibility index (Phi) is 3.52. The molecule has 1 aliphatic rings. The van der Waals surface area contributed by atoms with Crippen LogP contribution in [-0.4, -0.2) is 5.91 Å². The second-order valence-corrected chi connectivity index (χ2v) is 5.11. The van der Waals surface area contributed by atoms with Crippen LogP contribution in [0.2, 0.25) is 0 Å². The third-order valence-electron chi connectivity index (χ3n) is 3.56. The van der Waals surface area contributed by atoms with Crippen LogP contribution in [0.15, 0.2) is 48.5 Å². The summed E-state index contributed by atoms with van der Waals surface area (Å²) >= 11 is 0. The molecule has 0 saturated heterocycles. The zero-order valence-corrected chi connectivity index (χ0v) is 11.4. The van der Waals surface area contributed by atoms with E-state index < -0.39 is 11.7 Å².